The van der Waals surface area contributed by atoms with E-state index in [1.165, 1.54) is 0 Å². The van der Waals surface area contributed by atoms with Crippen molar-refractivity contribution in [1.82, 2.24) is 24.5 Å². The minimum Gasteiger partial charge on any atom is -0.444 e. The molecule has 51 heavy (non-hydrogen) atoms. The molecule has 11 nitrogen and oxygen atoms in total. The van der Waals surface area contributed by atoms with Crippen LogP contribution in [-0.4, -0.2) is 103 Å². The van der Waals surface area contributed by atoms with Gasteiger partial charge < -0.3 is 29.1 Å². The van der Waals surface area contributed by atoms with Crippen LogP contribution in [0.15, 0.2) is 30.6 Å². The molecule has 1 amide bonds. The van der Waals surface area contributed by atoms with E-state index in [0.29, 0.717) is 32.4 Å². The van der Waals surface area contributed by atoms with Crippen LogP contribution in [0, 0.1) is 11.8 Å². The molecule has 0 spiro atoms. The summed E-state index contributed by atoms with van der Waals surface area (Å²) in [5, 5.41) is 14.0. The second-order valence-electron chi connectivity index (χ2n) is 17.4. The monoisotopic (exact) mass is 734 g/mol. The average Bonchev–Trinajstić information content (AvgIpc) is 3.59. The van der Waals surface area contributed by atoms with Crippen molar-refractivity contribution < 1.29 is 24.1 Å². The van der Waals surface area contributed by atoms with Gasteiger partial charge in [-0.05, 0) is 76.6 Å². The fraction of sp³-hybridized carbons (Fsp3) is 0.632. The van der Waals surface area contributed by atoms with Crippen molar-refractivity contribution in [2.24, 2.45) is 0 Å². The molecule has 2 saturated heterocycles. The topological polar surface area (TPSA) is 115 Å². The molecule has 0 aromatic carbocycles. The number of rotatable bonds is 13. The highest BCUT2D eigenvalue weighted by Crippen LogP contribution is 2.44. The van der Waals surface area contributed by atoms with Gasteiger partial charge in [-0.15, -0.1) is 0 Å². The van der Waals surface area contributed by atoms with E-state index in [1.54, 1.807) is 6.20 Å². The molecule has 3 atom stereocenters. The predicted molar refractivity (Wildman–Crippen MR) is 207 cm³/mol. The number of aliphatic hydroxyl groups is 1. The van der Waals surface area contributed by atoms with Gasteiger partial charge in [0.1, 0.15) is 37.2 Å². The van der Waals surface area contributed by atoms with Crippen LogP contribution in [0.2, 0.25) is 51.4 Å². The van der Waals surface area contributed by atoms with Crippen molar-refractivity contribution in [3.63, 3.8) is 0 Å². The van der Waals surface area contributed by atoms with E-state index in [4.69, 9.17) is 29.4 Å². The standard InChI is InChI=1S/C38H58N6O5Si2/c1-38(2,3)49-37(46)43-31-14-15-32(43)22-29(21-31)34-23-35(42(26-47-17-19-50(4,5)6)27-48-18-20-51(7,8)9)44-36(41-34)33(25-40-44)28-12-13-30(39-24-28)11-10-16-45/h12-13,23-25,29,31-32,45H,14-22,26-27H2,1-9H3/t29-,31-,32+. The van der Waals surface area contributed by atoms with Crippen molar-refractivity contribution in [2.75, 3.05) is 38.2 Å². The van der Waals surface area contributed by atoms with Crippen molar-refractivity contribution in [3.8, 4) is 23.0 Å². The number of nitrogens with zero attached hydrogens (tertiary/aromatic N) is 6. The number of ether oxygens (including phenoxy) is 3. The molecule has 0 unspecified atom stereocenters. The fourth-order valence-corrected chi connectivity index (χ4v) is 8.18. The minimum absolute atomic E-state index is 0.108. The van der Waals surface area contributed by atoms with Crippen LogP contribution in [0.5, 0.6) is 0 Å². The summed E-state index contributed by atoms with van der Waals surface area (Å²) in [5.74, 6) is 6.55. The number of carbonyl (C=O) groups is 1. The van der Waals surface area contributed by atoms with Crippen LogP contribution in [0.3, 0.4) is 0 Å². The molecule has 0 radical (unpaired) electrons. The van der Waals surface area contributed by atoms with E-state index in [1.807, 2.05) is 48.5 Å². The number of hydrogen-bond donors (Lipinski definition) is 1. The Bertz CT molecular complexity index is 1660. The molecule has 0 saturated carbocycles. The van der Waals surface area contributed by atoms with Crippen LogP contribution in [0.1, 0.15) is 63.8 Å². The molecule has 278 valence electrons. The third kappa shape index (κ3) is 10.6. The first kappa shape index (κ1) is 38.9. The molecule has 3 aromatic rings. The molecule has 5 rings (SSSR count). The fourth-order valence-electron chi connectivity index (χ4n) is 6.67. The molecule has 5 heterocycles. The lowest BCUT2D eigenvalue weighted by Gasteiger charge is -2.39. The summed E-state index contributed by atoms with van der Waals surface area (Å²) < 4.78 is 20.4. The summed E-state index contributed by atoms with van der Waals surface area (Å²) >= 11 is 0. The van der Waals surface area contributed by atoms with Gasteiger partial charge in [0, 0.05) is 76.4 Å². The van der Waals surface area contributed by atoms with Crippen molar-refractivity contribution in [1.29, 1.82) is 0 Å². The Hall–Kier alpha value is -3.29. The van der Waals surface area contributed by atoms with E-state index in [9.17, 15) is 4.79 Å². The van der Waals surface area contributed by atoms with E-state index < -0.39 is 21.7 Å². The lowest BCUT2D eigenvalue weighted by atomic mass is 9.88. The number of hydrogen-bond acceptors (Lipinski definition) is 9. The Kier molecular flexibility index (Phi) is 12.3. The molecule has 3 aromatic heterocycles. The Labute approximate surface area is 306 Å². The van der Waals surface area contributed by atoms with Gasteiger partial charge in [0.15, 0.2) is 5.65 Å². The summed E-state index contributed by atoms with van der Waals surface area (Å²) in [6.07, 6.45) is 6.98. The third-order valence-corrected chi connectivity index (χ3v) is 12.8. The van der Waals surface area contributed by atoms with Gasteiger partial charge in [-0.25, -0.2) is 14.8 Å². The summed E-state index contributed by atoms with van der Waals surface area (Å²) in [4.78, 5) is 27.2. The van der Waals surface area contributed by atoms with Gasteiger partial charge in [0.05, 0.1) is 6.20 Å². The lowest BCUT2D eigenvalue weighted by molar-refractivity contribution is 0.00568. The van der Waals surface area contributed by atoms with E-state index in [2.05, 4.69) is 67.1 Å². The Morgan fingerprint density at radius 1 is 0.980 bits per heavy atom. The van der Waals surface area contributed by atoms with Gasteiger partial charge in [-0.3, -0.25) is 0 Å². The van der Waals surface area contributed by atoms with Gasteiger partial charge in [0.25, 0.3) is 0 Å². The number of pyridine rings is 1. The SMILES string of the molecule is CC(C)(C)OC(=O)N1[C@@H]2CC[C@H]1C[C@H](c1cc(N(COCC[Si](C)(C)C)COCC[Si](C)(C)C)n3ncc(-c4ccc(C#CCO)nc4)c3n1)C2. The highest BCUT2D eigenvalue weighted by Gasteiger charge is 2.45. The molecule has 2 fully saturated rings. The normalized spacial score (nSPS) is 19.3. The van der Waals surface area contributed by atoms with Crippen molar-refractivity contribution in [2.45, 2.75) is 121 Å². The van der Waals surface area contributed by atoms with Gasteiger partial charge in [0.2, 0.25) is 0 Å². The highest BCUT2D eigenvalue weighted by atomic mass is 28.3. The number of piperidine rings is 1. The Morgan fingerprint density at radius 2 is 1.61 bits per heavy atom. The first-order valence-electron chi connectivity index (χ1n) is 18.4. The molecule has 2 aliphatic rings. The summed E-state index contributed by atoms with van der Waals surface area (Å²) in [6, 6.07) is 8.34. The van der Waals surface area contributed by atoms with Crippen LogP contribution in [0.4, 0.5) is 10.6 Å². The first-order valence-corrected chi connectivity index (χ1v) is 25.8. The molecular weight excluding hydrogens is 677 g/mol. The number of fused-ring (bicyclic) bond motifs is 3. The van der Waals surface area contributed by atoms with Gasteiger partial charge in [-0.1, -0.05) is 45.2 Å². The molecule has 2 aliphatic heterocycles. The number of amides is 1. The minimum atomic E-state index is -1.28. The zero-order valence-corrected chi connectivity index (χ0v) is 34.2. The molecule has 0 aliphatic carbocycles. The second kappa shape index (κ2) is 16.2. The van der Waals surface area contributed by atoms with Crippen molar-refractivity contribution in [3.05, 3.63) is 42.0 Å². The first-order chi connectivity index (χ1) is 24.0. The number of aliphatic hydroxyl groups excluding tert-OH is 1. The maximum Gasteiger partial charge on any atom is 0.410 e. The summed E-state index contributed by atoms with van der Waals surface area (Å²) in [7, 11) is -2.56. The predicted octanol–water partition coefficient (Wildman–Crippen LogP) is 7.21. The van der Waals surface area contributed by atoms with Crippen LogP contribution >= 0.6 is 0 Å². The zero-order chi connectivity index (χ0) is 37.0. The third-order valence-electron chi connectivity index (χ3n) is 9.41. The average molecular weight is 735 g/mol. The molecule has 13 heteroatoms. The zero-order valence-electron chi connectivity index (χ0n) is 32.2. The number of anilines is 1. The van der Waals surface area contributed by atoms with Crippen molar-refractivity contribution >= 4 is 33.7 Å². The van der Waals surface area contributed by atoms with Crippen LogP contribution in [-0.2, 0) is 14.2 Å². The van der Waals surface area contributed by atoms with Gasteiger partial charge >= 0.3 is 6.09 Å². The quantitative estimate of drug-likeness (QED) is 0.0842. The second-order valence-corrected chi connectivity index (χ2v) is 28.6. The molecular formula is C38H58N6O5Si2. The maximum atomic E-state index is 13.3. The molecule has 2 bridgehead atoms. The maximum absolute atomic E-state index is 13.3. The van der Waals surface area contributed by atoms with E-state index in [-0.39, 0.29) is 30.7 Å². The Balaban J connectivity index is 1.52. The van der Waals surface area contributed by atoms with E-state index in [0.717, 1.165) is 66.1 Å². The summed E-state index contributed by atoms with van der Waals surface area (Å²) in [6.45, 7) is 21.8. The summed E-state index contributed by atoms with van der Waals surface area (Å²) in [5.41, 5.74) is 3.49. The number of aromatic nitrogens is 4. The lowest BCUT2D eigenvalue weighted by Crippen LogP contribution is -2.48. The van der Waals surface area contributed by atoms with Gasteiger partial charge in [-0.2, -0.15) is 9.61 Å². The number of carbonyl (C=O) groups excluding carboxylic acids is 1. The van der Waals surface area contributed by atoms with Crippen LogP contribution < -0.4 is 4.90 Å². The van der Waals surface area contributed by atoms with E-state index >= 15 is 0 Å². The highest BCUT2D eigenvalue weighted by molar-refractivity contribution is 6.76. The largest absolute Gasteiger partial charge is 0.444 e. The van der Waals surface area contributed by atoms with Crippen LogP contribution in [0.25, 0.3) is 16.8 Å². The Morgan fingerprint density at radius 3 is 2.14 bits per heavy atom. The smallest absolute Gasteiger partial charge is 0.410 e. The molecule has 1 N–H and O–H groups in total.